The van der Waals surface area contributed by atoms with Crippen LogP contribution >= 0.6 is 0 Å². The second-order valence-electron chi connectivity index (χ2n) is 4.17. The summed E-state index contributed by atoms with van der Waals surface area (Å²) < 4.78 is 5.17. The van der Waals surface area contributed by atoms with Gasteiger partial charge in [-0.25, -0.2) is 0 Å². The van der Waals surface area contributed by atoms with E-state index >= 15 is 0 Å². The lowest BCUT2D eigenvalue weighted by molar-refractivity contribution is -0.127. The fourth-order valence-electron chi connectivity index (χ4n) is 1.00. The van der Waals surface area contributed by atoms with Gasteiger partial charge >= 0.3 is 0 Å². The smallest absolute Gasteiger partial charge is 0.246 e. The molecule has 0 fully saturated rings. The number of rotatable bonds is 8. The fraction of sp³-hybridized carbons (Fsp3) is 0.909. The molecule has 0 bridgehead atoms. The zero-order chi connectivity index (χ0) is 11.7. The molecule has 0 saturated carbocycles. The topological polar surface area (TPSA) is 50.4 Å². The lowest BCUT2D eigenvalue weighted by Gasteiger charge is -2.10. The molecular formula is C11H24N2O2. The minimum atomic E-state index is -0.0340. The van der Waals surface area contributed by atoms with Crippen molar-refractivity contribution in [3.05, 3.63) is 0 Å². The van der Waals surface area contributed by atoms with E-state index in [9.17, 15) is 4.79 Å². The van der Waals surface area contributed by atoms with Crippen LogP contribution in [0.4, 0.5) is 0 Å². The number of ether oxygens (including phenoxy) is 1. The summed E-state index contributed by atoms with van der Waals surface area (Å²) in [5, 5.41) is 6.09. The van der Waals surface area contributed by atoms with E-state index in [1.54, 1.807) is 0 Å². The molecule has 0 aliphatic carbocycles. The summed E-state index contributed by atoms with van der Waals surface area (Å²) in [4.78, 5) is 11.2. The quantitative estimate of drug-likeness (QED) is 0.593. The minimum absolute atomic E-state index is 0.0340. The van der Waals surface area contributed by atoms with Crippen molar-refractivity contribution < 1.29 is 9.53 Å². The Morgan fingerprint density at radius 3 is 2.40 bits per heavy atom. The first kappa shape index (κ1) is 14.4. The van der Waals surface area contributed by atoms with Crippen LogP contribution in [-0.4, -0.2) is 37.7 Å². The summed E-state index contributed by atoms with van der Waals surface area (Å²) in [5.74, 6) is -0.0340. The number of hydrogen-bond acceptors (Lipinski definition) is 3. The van der Waals surface area contributed by atoms with Gasteiger partial charge in [-0.3, -0.25) is 4.79 Å². The average molecular weight is 216 g/mol. The Balaban J connectivity index is 3.24. The average Bonchev–Trinajstić information content (AvgIpc) is 2.13. The zero-order valence-electron chi connectivity index (χ0n) is 10.3. The molecule has 4 heteroatoms. The van der Waals surface area contributed by atoms with E-state index < -0.39 is 0 Å². The monoisotopic (exact) mass is 216 g/mol. The highest BCUT2D eigenvalue weighted by Gasteiger charge is 2.01. The maximum atomic E-state index is 11.2. The number of nitrogens with one attached hydrogen (secondary N) is 2. The Bertz CT molecular complexity index is 170. The van der Waals surface area contributed by atoms with Crippen LogP contribution in [0, 0.1) is 0 Å². The SMILES string of the molecule is CC(C)NCCCNC(=O)COC(C)C. The third-order valence-corrected chi connectivity index (χ3v) is 1.78. The molecule has 0 aliphatic heterocycles. The number of amides is 1. The summed E-state index contributed by atoms with van der Waals surface area (Å²) in [7, 11) is 0. The van der Waals surface area contributed by atoms with Gasteiger partial charge in [0.1, 0.15) is 6.61 Å². The van der Waals surface area contributed by atoms with Gasteiger partial charge in [-0.15, -0.1) is 0 Å². The van der Waals surface area contributed by atoms with E-state index in [-0.39, 0.29) is 18.6 Å². The Hall–Kier alpha value is -0.610. The molecular weight excluding hydrogens is 192 g/mol. The van der Waals surface area contributed by atoms with Crippen molar-refractivity contribution in [2.45, 2.75) is 46.3 Å². The largest absolute Gasteiger partial charge is 0.369 e. The number of carbonyl (C=O) groups is 1. The van der Waals surface area contributed by atoms with E-state index in [4.69, 9.17) is 4.74 Å². The van der Waals surface area contributed by atoms with Crippen molar-refractivity contribution in [2.24, 2.45) is 0 Å². The molecule has 0 saturated heterocycles. The number of carbonyl (C=O) groups excluding carboxylic acids is 1. The van der Waals surface area contributed by atoms with Crippen molar-refractivity contribution in [1.29, 1.82) is 0 Å². The zero-order valence-corrected chi connectivity index (χ0v) is 10.3. The first-order chi connectivity index (χ1) is 7.02. The van der Waals surface area contributed by atoms with Crippen LogP contribution in [0.1, 0.15) is 34.1 Å². The van der Waals surface area contributed by atoms with E-state index in [1.807, 2.05) is 13.8 Å². The van der Waals surface area contributed by atoms with Gasteiger partial charge in [0.15, 0.2) is 0 Å². The molecule has 0 aromatic carbocycles. The van der Waals surface area contributed by atoms with Gasteiger partial charge in [-0.1, -0.05) is 13.8 Å². The van der Waals surface area contributed by atoms with Gasteiger partial charge in [-0.05, 0) is 26.8 Å². The molecule has 0 radical (unpaired) electrons. The van der Waals surface area contributed by atoms with Crippen LogP contribution in [0.25, 0.3) is 0 Å². The Labute approximate surface area is 92.8 Å². The van der Waals surface area contributed by atoms with Crippen molar-refractivity contribution >= 4 is 5.91 Å². The number of hydrogen-bond donors (Lipinski definition) is 2. The molecule has 0 atom stereocenters. The molecule has 2 N–H and O–H groups in total. The molecule has 0 aromatic heterocycles. The second kappa shape index (κ2) is 8.68. The van der Waals surface area contributed by atoms with Gasteiger partial charge in [0.2, 0.25) is 5.91 Å². The summed E-state index contributed by atoms with van der Waals surface area (Å²) in [5.41, 5.74) is 0. The highest BCUT2D eigenvalue weighted by molar-refractivity contribution is 5.77. The second-order valence-corrected chi connectivity index (χ2v) is 4.17. The predicted molar refractivity (Wildman–Crippen MR) is 61.9 cm³/mol. The highest BCUT2D eigenvalue weighted by atomic mass is 16.5. The normalized spacial score (nSPS) is 11.1. The lowest BCUT2D eigenvalue weighted by atomic mass is 10.3. The van der Waals surface area contributed by atoms with Crippen molar-refractivity contribution in [3.8, 4) is 0 Å². The van der Waals surface area contributed by atoms with E-state index in [0.717, 1.165) is 13.0 Å². The molecule has 0 rings (SSSR count). The summed E-state index contributed by atoms with van der Waals surface area (Å²) >= 11 is 0. The molecule has 0 spiro atoms. The molecule has 15 heavy (non-hydrogen) atoms. The van der Waals surface area contributed by atoms with E-state index in [1.165, 1.54) is 0 Å². The van der Waals surface area contributed by atoms with Crippen molar-refractivity contribution in [1.82, 2.24) is 10.6 Å². The third kappa shape index (κ3) is 11.3. The van der Waals surface area contributed by atoms with Crippen LogP contribution in [0.2, 0.25) is 0 Å². The molecule has 1 amide bonds. The first-order valence-electron chi connectivity index (χ1n) is 5.64. The maximum Gasteiger partial charge on any atom is 0.246 e. The first-order valence-corrected chi connectivity index (χ1v) is 5.64. The molecule has 0 unspecified atom stereocenters. The Morgan fingerprint density at radius 2 is 1.87 bits per heavy atom. The fourth-order valence-corrected chi connectivity index (χ4v) is 1.00. The highest BCUT2D eigenvalue weighted by Crippen LogP contribution is 1.86. The summed E-state index contributed by atoms with van der Waals surface area (Å²) in [6.07, 6.45) is 1.06. The van der Waals surface area contributed by atoms with Crippen molar-refractivity contribution in [3.63, 3.8) is 0 Å². The standard InChI is InChI=1S/C11H24N2O2/c1-9(2)12-6-5-7-13-11(14)8-15-10(3)4/h9-10,12H,5-8H2,1-4H3,(H,13,14). The summed E-state index contributed by atoms with van der Waals surface area (Å²) in [6.45, 7) is 9.85. The van der Waals surface area contributed by atoms with Gasteiger partial charge in [-0.2, -0.15) is 0 Å². The Kier molecular flexibility index (Phi) is 8.33. The maximum absolute atomic E-state index is 11.2. The van der Waals surface area contributed by atoms with Crippen LogP contribution in [0.15, 0.2) is 0 Å². The third-order valence-electron chi connectivity index (χ3n) is 1.78. The minimum Gasteiger partial charge on any atom is -0.369 e. The van der Waals surface area contributed by atoms with Crippen LogP contribution in [-0.2, 0) is 9.53 Å². The molecule has 4 nitrogen and oxygen atoms in total. The van der Waals surface area contributed by atoms with Gasteiger partial charge < -0.3 is 15.4 Å². The van der Waals surface area contributed by atoms with Crippen molar-refractivity contribution in [2.75, 3.05) is 19.7 Å². The molecule has 0 heterocycles. The van der Waals surface area contributed by atoms with Crippen LogP contribution < -0.4 is 10.6 Å². The molecule has 0 aliphatic rings. The summed E-state index contributed by atoms with van der Waals surface area (Å²) in [6, 6.07) is 0.505. The van der Waals surface area contributed by atoms with Crippen LogP contribution in [0.5, 0.6) is 0 Å². The molecule has 90 valence electrons. The van der Waals surface area contributed by atoms with Gasteiger partial charge in [0, 0.05) is 12.6 Å². The van der Waals surface area contributed by atoms with E-state index in [0.29, 0.717) is 12.6 Å². The van der Waals surface area contributed by atoms with Crippen LogP contribution in [0.3, 0.4) is 0 Å². The van der Waals surface area contributed by atoms with E-state index in [2.05, 4.69) is 24.5 Å². The molecule has 0 aromatic rings. The predicted octanol–water partition coefficient (Wildman–Crippen LogP) is 0.916. The van der Waals surface area contributed by atoms with Gasteiger partial charge in [0.05, 0.1) is 6.10 Å². The lowest BCUT2D eigenvalue weighted by Crippen LogP contribution is -2.32. The van der Waals surface area contributed by atoms with Gasteiger partial charge in [0.25, 0.3) is 0 Å². The Morgan fingerprint density at radius 1 is 1.20 bits per heavy atom.